The molecule has 2 aromatic rings. The van der Waals surface area contributed by atoms with Gasteiger partial charge in [0, 0.05) is 12.4 Å². The van der Waals surface area contributed by atoms with Gasteiger partial charge >= 0.3 is 5.76 Å². The molecule has 0 N–H and O–H groups in total. The quantitative estimate of drug-likeness (QED) is 0.745. The molecule has 0 amide bonds. The molecule has 4 nitrogen and oxygen atoms in total. The average molecular weight is 225 g/mol. The summed E-state index contributed by atoms with van der Waals surface area (Å²) in [5, 5.41) is 0. The Balaban J connectivity index is 2.25. The Kier molecular flexibility index (Phi) is 2.87. The van der Waals surface area contributed by atoms with Gasteiger partial charge in [-0.15, -0.1) is 11.6 Å². The summed E-state index contributed by atoms with van der Waals surface area (Å²) in [5.41, 5.74) is 0.994. The van der Waals surface area contributed by atoms with E-state index in [9.17, 15) is 4.79 Å². The van der Waals surface area contributed by atoms with E-state index in [0.29, 0.717) is 12.3 Å². The summed E-state index contributed by atoms with van der Waals surface area (Å²) >= 11 is 5.56. The molecule has 0 saturated carbocycles. The predicted octanol–water partition coefficient (Wildman–Crippen LogP) is 1.62. The second-order valence-electron chi connectivity index (χ2n) is 3.08. The van der Waals surface area contributed by atoms with Crippen molar-refractivity contribution in [3.8, 4) is 0 Å². The van der Waals surface area contributed by atoms with E-state index in [-0.39, 0.29) is 11.6 Å². The summed E-state index contributed by atoms with van der Waals surface area (Å²) in [4.78, 5) is 15.2. The van der Waals surface area contributed by atoms with E-state index in [4.69, 9.17) is 16.0 Å². The van der Waals surface area contributed by atoms with Gasteiger partial charge in [0.25, 0.3) is 0 Å². The number of alkyl halides is 1. The van der Waals surface area contributed by atoms with Crippen LogP contribution in [0.1, 0.15) is 11.3 Å². The molecule has 0 fully saturated rings. The molecule has 0 saturated heterocycles. The van der Waals surface area contributed by atoms with Crippen molar-refractivity contribution in [3.05, 3.63) is 52.6 Å². The highest BCUT2D eigenvalue weighted by molar-refractivity contribution is 6.16. The fraction of sp³-hybridized carbons (Fsp3) is 0.200. The van der Waals surface area contributed by atoms with Crippen molar-refractivity contribution < 1.29 is 4.42 Å². The van der Waals surface area contributed by atoms with Gasteiger partial charge in [0.15, 0.2) is 0 Å². The van der Waals surface area contributed by atoms with Crippen LogP contribution < -0.4 is 5.76 Å². The van der Waals surface area contributed by atoms with Gasteiger partial charge in [-0.1, -0.05) is 0 Å². The molecular weight excluding hydrogens is 216 g/mol. The van der Waals surface area contributed by atoms with E-state index in [1.165, 1.54) is 4.57 Å². The highest BCUT2D eigenvalue weighted by Gasteiger charge is 2.04. The Morgan fingerprint density at radius 1 is 1.40 bits per heavy atom. The zero-order valence-corrected chi connectivity index (χ0v) is 8.65. The van der Waals surface area contributed by atoms with Crippen molar-refractivity contribution in [1.29, 1.82) is 0 Å². The van der Waals surface area contributed by atoms with Crippen LogP contribution in [0.3, 0.4) is 0 Å². The lowest BCUT2D eigenvalue weighted by Crippen LogP contribution is -2.13. The number of oxazole rings is 1. The molecule has 15 heavy (non-hydrogen) atoms. The number of nitrogens with zero attached hydrogens (tertiary/aromatic N) is 2. The van der Waals surface area contributed by atoms with E-state index in [1.807, 2.05) is 12.1 Å². The lowest BCUT2D eigenvalue weighted by atomic mass is 10.3. The van der Waals surface area contributed by atoms with Crippen LogP contribution in [0, 0.1) is 0 Å². The Morgan fingerprint density at radius 2 is 2.13 bits per heavy atom. The topological polar surface area (TPSA) is 48.0 Å². The van der Waals surface area contributed by atoms with Gasteiger partial charge in [-0.05, 0) is 17.7 Å². The zero-order chi connectivity index (χ0) is 10.7. The second-order valence-corrected chi connectivity index (χ2v) is 3.35. The highest BCUT2D eigenvalue weighted by Crippen LogP contribution is 2.03. The predicted molar refractivity (Wildman–Crippen MR) is 55.9 cm³/mol. The Labute approximate surface area is 91.1 Å². The van der Waals surface area contributed by atoms with Gasteiger partial charge in [-0.25, -0.2) is 4.79 Å². The van der Waals surface area contributed by atoms with Crippen LogP contribution in [-0.2, 0) is 12.4 Å². The standard InChI is InChI=1S/C10H9ClN2O2/c11-5-9-7-13(10(14)15-9)6-8-1-3-12-4-2-8/h1-4,7H,5-6H2. The molecule has 0 aliphatic heterocycles. The number of halogens is 1. The Morgan fingerprint density at radius 3 is 2.73 bits per heavy atom. The fourth-order valence-corrected chi connectivity index (χ4v) is 1.40. The summed E-state index contributed by atoms with van der Waals surface area (Å²) in [6, 6.07) is 3.69. The number of rotatable bonds is 3. The Hall–Kier alpha value is -1.55. The first-order valence-corrected chi connectivity index (χ1v) is 4.97. The van der Waals surface area contributed by atoms with Crippen LogP contribution in [0.15, 0.2) is 39.9 Å². The molecule has 0 unspecified atom stereocenters. The third kappa shape index (κ3) is 2.27. The minimum absolute atomic E-state index is 0.207. The molecule has 0 aliphatic carbocycles. The number of pyridine rings is 1. The van der Waals surface area contributed by atoms with Crippen molar-refractivity contribution in [1.82, 2.24) is 9.55 Å². The average Bonchev–Trinajstić information content (AvgIpc) is 2.61. The SMILES string of the molecule is O=c1oc(CCl)cn1Cc1ccncc1. The van der Waals surface area contributed by atoms with Crippen LogP contribution in [0.2, 0.25) is 0 Å². The van der Waals surface area contributed by atoms with E-state index >= 15 is 0 Å². The lowest BCUT2D eigenvalue weighted by molar-refractivity contribution is 0.463. The summed E-state index contributed by atoms with van der Waals surface area (Å²) in [6.07, 6.45) is 4.99. The van der Waals surface area contributed by atoms with E-state index in [1.54, 1.807) is 18.6 Å². The molecule has 2 aromatic heterocycles. The summed E-state index contributed by atoms with van der Waals surface area (Å²) in [7, 11) is 0. The monoisotopic (exact) mass is 224 g/mol. The molecule has 0 aliphatic rings. The maximum atomic E-state index is 11.3. The Bertz CT molecular complexity index is 490. The van der Waals surface area contributed by atoms with Crippen LogP contribution in [0.5, 0.6) is 0 Å². The first-order chi connectivity index (χ1) is 7.29. The van der Waals surface area contributed by atoms with Crippen molar-refractivity contribution >= 4 is 11.6 Å². The van der Waals surface area contributed by atoms with Crippen LogP contribution >= 0.6 is 11.6 Å². The lowest BCUT2D eigenvalue weighted by Gasteiger charge is -1.98. The minimum atomic E-state index is -0.387. The van der Waals surface area contributed by atoms with Gasteiger partial charge in [0.2, 0.25) is 0 Å². The van der Waals surface area contributed by atoms with Gasteiger partial charge in [-0.3, -0.25) is 9.55 Å². The highest BCUT2D eigenvalue weighted by atomic mass is 35.5. The van der Waals surface area contributed by atoms with Crippen molar-refractivity contribution in [3.63, 3.8) is 0 Å². The molecule has 2 heterocycles. The first-order valence-electron chi connectivity index (χ1n) is 4.43. The van der Waals surface area contributed by atoms with E-state index in [0.717, 1.165) is 5.56 Å². The normalized spacial score (nSPS) is 10.5. The van der Waals surface area contributed by atoms with Gasteiger partial charge < -0.3 is 4.42 Å². The largest absolute Gasteiger partial charge is 0.419 e. The van der Waals surface area contributed by atoms with Crippen LogP contribution in [0.4, 0.5) is 0 Å². The van der Waals surface area contributed by atoms with Crippen molar-refractivity contribution in [2.45, 2.75) is 12.4 Å². The van der Waals surface area contributed by atoms with Crippen LogP contribution in [-0.4, -0.2) is 9.55 Å². The third-order valence-electron chi connectivity index (χ3n) is 1.99. The molecule has 5 heteroatoms. The minimum Gasteiger partial charge on any atom is -0.412 e. The molecular formula is C10H9ClN2O2. The maximum absolute atomic E-state index is 11.3. The molecule has 0 spiro atoms. The zero-order valence-electron chi connectivity index (χ0n) is 7.89. The van der Waals surface area contributed by atoms with Gasteiger partial charge in [0.1, 0.15) is 5.76 Å². The van der Waals surface area contributed by atoms with Crippen LogP contribution in [0.25, 0.3) is 0 Å². The second kappa shape index (κ2) is 4.31. The molecule has 0 bridgehead atoms. The number of hydrogen-bond acceptors (Lipinski definition) is 3. The third-order valence-corrected chi connectivity index (χ3v) is 2.25. The van der Waals surface area contributed by atoms with Crippen molar-refractivity contribution in [2.24, 2.45) is 0 Å². The molecule has 78 valence electrons. The molecule has 0 aromatic carbocycles. The summed E-state index contributed by atoms with van der Waals surface area (Å²) in [5.74, 6) is 0.302. The summed E-state index contributed by atoms with van der Waals surface area (Å²) in [6.45, 7) is 0.474. The smallest absolute Gasteiger partial charge is 0.412 e. The van der Waals surface area contributed by atoms with Gasteiger partial charge in [0.05, 0.1) is 18.6 Å². The fourth-order valence-electron chi connectivity index (χ4n) is 1.28. The van der Waals surface area contributed by atoms with E-state index in [2.05, 4.69) is 4.98 Å². The van der Waals surface area contributed by atoms with E-state index < -0.39 is 0 Å². The molecule has 0 radical (unpaired) electrons. The first kappa shape index (κ1) is 9.98. The molecule has 0 atom stereocenters. The molecule has 2 rings (SSSR count). The van der Waals surface area contributed by atoms with Gasteiger partial charge in [-0.2, -0.15) is 0 Å². The summed E-state index contributed by atoms with van der Waals surface area (Å²) < 4.78 is 6.38. The maximum Gasteiger partial charge on any atom is 0.419 e. The van der Waals surface area contributed by atoms with Crippen molar-refractivity contribution in [2.75, 3.05) is 0 Å². The number of hydrogen-bond donors (Lipinski definition) is 0. The number of aromatic nitrogens is 2.